The maximum absolute atomic E-state index is 4.59. The number of hydrogen-bond acceptors (Lipinski definition) is 4. The van der Waals surface area contributed by atoms with Gasteiger partial charge in [-0.15, -0.1) is 0 Å². The second-order valence-corrected chi connectivity index (χ2v) is 7.56. The van der Waals surface area contributed by atoms with Gasteiger partial charge in [0.05, 0.1) is 6.54 Å². The second kappa shape index (κ2) is 9.68. The molecule has 2 heterocycles. The summed E-state index contributed by atoms with van der Waals surface area (Å²) in [5.74, 6) is 2.90. The van der Waals surface area contributed by atoms with Crippen molar-refractivity contribution in [2.75, 3.05) is 20.6 Å². The van der Waals surface area contributed by atoms with E-state index in [1.807, 2.05) is 11.7 Å². The molecule has 0 fully saturated rings. The summed E-state index contributed by atoms with van der Waals surface area (Å²) in [5, 5.41) is 11.6. The molecule has 7 heteroatoms. The Bertz CT molecular complexity index is 768. The number of nitrogens with one attached hydrogen (secondary N) is 2. The number of aromatic nitrogens is 3. The van der Waals surface area contributed by atoms with Crippen molar-refractivity contribution in [2.24, 2.45) is 4.99 Å². The fourth-order valence-corrected chi connectivity index (χ4v) is 3.44. The molecule has 7 nitrogen and oxygen atoms in total. The van der Waals surface area contributed by atoms with Gasteiger partial charge in [-0.25, -0.2) is 9.67 Å². The molecule has 1 aromatic heterocycles. The molecule has 0 saturated heterocycles. The lowest BCUT2D eigenvalue weighted by atomic mass is 10.1. The highest BCUT2D eigenvalue weighted by Gasteiger charge is 2.22. The molecule has 1 aliphatic rings. The predicted octanol–water partition coefficient (Wildman–Crippen LogP) is 1.84. The fourth-order valence-electron chi connectivity index (χ4n) is 3.44. The highest BCUT2D eigenvalue weighted by Crippen LogP contribution is 2.13. The number of aliphatic imine (C=N–C) groups is 1. The minimum absolute atomic E-state index is 0.322. The Morgan fingerprint density at radius 3 is 2.86 bits per heavy atom. The van der Waals surface area contributed by atoms with Gasteiger partial charge in [0.1, 0.15) is 5.82 Å². The van der Waals surface area contributed by atoms with Crippen molar-refractivity contribution in [2.45, 2.75) is 58.3 Å². The Morgan fingerprint density at radius 2 is 2.14 bits per heavy atom. The van der Waals surface area contributed by atoms with E-state index in [0.717, 1.165) is 56.5 Å². The molecule has 1 aromatic carbocycles. The molecule has 0 bridgehead atoms. The SMILES string of the molecule is CCc1nc2n(n1)CC(NC(=NC)NCC(C)N(C)Cc1ccccc1)CC2. The van der Waals surface area contributed by atoms with Crippen molar-refractivity contribution in [1.82, 2.24) is 30.3 Å². The molecular formula is C21H33N7. The van der Waals surface area contributed by atoms with Crippen LogP contribution in [0, 0.1) is 0 Å². The fraction of sp³-hybridized carbons (Fsp3) is 0.571. The molecule has 3 rings (SSSR count). The average molecular weight is 384 g/mol. The van der Waals surface area contributed by atoms with Crippen molar-refractivity contribution < 1.29 is 0 Å². The quantitative estimate of drug-likeness (QED) is 0.564. The molecular weight excluding hydrogens is 350 g/mol. The van der Waals surface area contributed by atoms with Crippen LogP contribution in [0.15, 0.2) is 35.3 Å². The zero-order valence-corrected chi connectivity index (χ0v) is 17.5. The highest BCUT2D eigenvalue weighted by atomic mass is 15.4. The third-order valence-corrected chi connectivity index (χ3v) is 5.37. The molecule has 0 radical (unpaired) electrons. The summed E-state index contributed by atoms with van der Waals surface area (Å²) >= 11 is 0. The number of nitrogens with zero attached hydrogens (tertiary/aromatic N) is 5. The minimum atomic E-state index is 0.322. The minimum Gasteiger partial charge on any atom is -0.355 e. The van der Waals surface area contributed by atoms with Gasteiger partial charge in [-0.3, -0.25) is 9.89 Å². The van der Waals surface area contributed by atoms with E-state index in [1.54, 1.807) is 0 Å². The Hall–Kier alpha value is -2.41. The molecule has 2 unspecified atom stereocenters. The first-order chi connectivity index (χ1) is 13.6. The van der Waals surface area contributed by atoms with Crippen LogP contribution < -0.4 is 10.6 Å². The van der Waals surface area contributed by atoms with E-state index in [-0.39, 0.29) is 0 Å². The topological polar surface area (TPSA) is 70.4 Å². The molecule has 0 spiro atoms. The first-order valence-corrected chi connectivity index (χ1v) is 10.2. The van der Waals surface area contributed by atoms with Gasteiger partial charge in [-0.1, -0.05) is 37.3 Å². The summed E-state index contributed by atoms with van der Waals surface area (Å²) in [4.78, 5) is 11.3. The van der Waals surface area contributed by atoms with E-state index >= 15 is 0 Å². The van der Waals surface area contributed by atoms with Crippen LogP contribution in [0.2, 0.25) is 0 Å². The molecule has 0 saturated carbocycles. The number of likely N-dealkylation sites (N-methyl/N-ethyl adjacent to an activating group) is 1. The smallest absolute Gasteiger partial charge is 0.191 e. The largest absolute Gasteiger partial charge is 0.355 e. The van der Waals surface area contributed by atoms with Crippen LogP contribution in [0.5, 0.6) is 0 Å². The van der Waals surface area contributed by atoms with Crippen LogP contribution in [-0.2, 0) is 25.9 Å². The number of benzene rings is 1. The van der Waals surface area contributed by atoms with E-state index < -0.39 is 0 Å². The number of rotatable bonds is 7. The Kier molecular flexibility index (Phi) is 7.03. The number of aryl methyl sites for hydroxylation is 2. The lowest BCUT2D eigenvalue weighted by Crippen LogP contribution is -2.49. The maximum Gasteiger partial charge on any atom is 0.191 e. The van der Waals surface area contributed by atoms with Crippen molar-refractivity contribution in [3.63, 3.8) is 0 Å². The summed E-state index contributed by atoms with van der Waals surface area (Å²) in [6, 6.07) is 11.3. The van der Waals surface area contributed by atoms with E-state index in [2.05, 4.69) is 81.8 Å². The lowest BCUT2D eigenvalue weighted by Gasteiger charge is -2.28. The first kappa shape index (κ1) is 20.3. The zero-order chi connectivity index (χ0) is 19.9. The van der Waals surface area contributed by atoms with Gasteiger partial charge >= 0.3 is 0 Å². The first-order valence-electron chi connectivity index (χ1n) is 10.2. The molecule has 28 heavy (non-hydrogen) atoms. The second-order valence-electron chi connectivity index (χ2n) is 7.56. The Labute approximate surface area is 168 Å². The van der Waals surface area contributed by atoms with E-state index in [1.165, 1.54) is 5.56 Å². The predicted molar refractivity (Wildman–Crippen MR) is 113 cm³/mol. The van der Waals surface area contributed by atoms with E-state index in [9.17, 15) is 0 Å². The number of fused-ring (bicyclic) bond motifs is 1. The molecule has 2 N–H and O–H groups in total. The maximum atomic E-state index is 4.59. The van der Waals surface area contributed by atoms with Crippen molar-refractivity contribution in [3.05, 3.63) is 47.5 Å². The van der Waals surface area contributed by atoms with Gasteiger partial charge in [0.15, 0.2) is 11.8 Å². The molecule has 152 valence electrons. The van der Waals surface area contributed by atoms with Crippen LogP contribution in [-0.4, -0.2) is 58.3 Å². The molecule has 2 atom stereocenters. The summed E-state index contributed by atoms with van der Waals surface area (Å²) in [6.07, 6.45) is 2.89. The standard InChI is InChI=1S/C21H33N7/c1-5-19-25-20-12-11-18(15-28(20)26-19)24-21(22-3)23-13-16(2)27(4)14-17-9-7-6-8-10-17/h6-10,16,18H,5,11-15H2,1-4H3,(H2,22,23,24). The van der Waals surface area contributed by atoms with Gasteiger partial charge in [0.25, 0.3) is 0 Å². The number of guanidine groups is 1. The third-order valence-electron chi connectivity index (χ3n) is 5.37. The van der Waals surface area contributed by atoms with Crippen molar-refractivity contribution in [1.29, 1.82) is 0 Å². The highest BCUT2D eigenvalue weighted by molar-refractivity contribution is 5.80. The zero-order valence-electron chi connectivity index (χ0n) is 17.5. The van der Waals surface area contributed by atoms with E-state index in [0.29, 0.717) is 12.1 Å². The summed E-state index contributed by atoms with van der Waals surface area (Å²) in [5.41, 5.74) is 1.33. The van der Waals surface area contributed by atoms with Gasteiger partial charge in [0.2, 0.25) is 0 Å². The van der Waals surface area contributed by atoms with Gasteiger partial charge in [-0.05, 0) is 26.0 Å². The number of hydrogen-bond donors (Lipinski definition) is 2. The molecule has 2 aromatic rings. The summed E-state index contributed by atoms with van der Waals surface area (Å²) < 4.78 is 2.05. The van der Waals surface area contributed by atoms with Crippen LogP contribution in [0.4, 0.5) is 0 Å². The van der Waals surface area contributed by atoms with Crippen LogP contribution in [0.3, 0.4) is 0 Å². The van der Waals surface area contributed by atoms with E-state index in [4.69, 9.17) is 0 Å². The van der Waals surface area contributed by atoms with Crippen LogP contribution in [0.25, 0.3) is 0 Å². The Morgan fingerprint density at radius 1 is 1.36 bits per heavy atom. The molecule has 0 aliphatic carbocycles. The molecule has 0 amide bonds. The average Bonchev–Trinajstić information content (AvgIpc) is 3.14. The third kappa shape index (κ3) is 5.32. The normalized spacial score (nSPS) is 18.0. The van der Waals surface area contributed by atoms with Crippen LogP contribution >= 0.6 is 0 Å². The summed E-state index contributed by atoms with van der Waals surface area (Å²) in [7, 11) is 3.99. The van der Waals surface area contributed by atoms with Gasteiger partial charge in [-0.2, -0.15) is 5.10 Å². The molecule has 1 aliphatic heterocycles. The monoisotopic (exact) mass is 383 g/mol. The van der Waals surface area contributed by atoms with Crippen molar-refractivity contribution in [3.8, 4) is 0 Å². The lowest BCUT2D eigenvalue weighted by molar-refractivity contribution is 0.249. The van der Waals surface area contributed by atoms with Crippen LogP contribution in [0.1, 0.15) is 37.5 Å². The van der Waals surface area contributed by atoms with Gasteiger partial charge < -0.3 is 10.6 Å². The van der Waals surface area contributed by atoms with Gasteiger partial charge in [0, 0.05) is 45.1 Å². The Balaban J connectivity index is 1.46. The van der Waals surface area contributed by atoms with Crippen molar-refractivity contribution >= 4 is 5.96 Å². The summed E-state index contributed by atoms with van der Waals surface area (Å²) in [6.45, 7) is 6.95.